The molecule has 0 bridgehead atoms. The van der Waals surface area contributed by atoms with Crippen molar-refractivity contribution in [3.05, 3.63) is 232 Å². The van der Waals surface area contributed by atoms with Gasteiger partial charge in [0.05, 0.1) is 17.0 Å². The number of thioether (sulfide) groups is 2. The minimum atomic E-state index is -3.47. The molecule has 6 aliphatic rings. The van der Waals surface area contributed by atoms with Gasteiger partial charge in [0.2, 0.25) is 11.8 Å². The SMILES string of the molecule is CSc1cccc(C(=O)N2C=CC[C@@H]2C(=O)N[C@@H](c2ccc(C)cc2F)C2CC2)c1.CSc1cccc(C(=O)N2C=CC[C@@H]2C(=O)O)c1.Cc1ccc([C@H](N)C2CC2)c(F)c1.Cc1ccc([C@H](NC(=O)[C@H]2CC=CN2C(=O)c2cccc(S(C)(=O)=O)c2)C2CC2)c(F)c1. The quantitative estimate of drug-likeness (QED) is 0.0627. The van der Waals surface area contributed by atoms with Gasteiger partial charge < -0.3 is 36.2 Å². The third-order valence-electron chi connectivity index (χ3n) is 17.0. The normalized spacial score (nSPS) is 18.8. The number of carboxylic acids is 1. The zero-order chi connectivity index (χ0) is 66.8. The molecule has 3 aliphatic heterocycles. The molecule has 21 heteroatoms. The first-order valence-electron chi connectivity index (χ1n) is 30.9. The molecule has 3 aliphatic carbocycles. The fourth-order valence-corrected chi connectivity index (χ4v) is 12.9. The molecule has 5 N–H and O–H groups in total. The van der Waals surface area contributed by atoms with Crippen molar-refractivity contribution in [3.8, 4) is 0 Å². The fraction of sp³-hybridized carbons (Fsp3) is 0.333. The van der Waals surface area contributed by atoms with Gasteiger partial charge in [0, 0.05) is 74.1 Å². The number of hydrogen-bond acceptors (Lipinski definition) is 11. The Morgan fingerprint density at radius 1 is 0.505 bits per heavy atom. The molecule has 3 saturated carbocycles. The first-order chi connectivity index (χ1) is 44.4. The topological polar surface area (TPSA) is 217 Å². The largest absolute Gasteiger partial charge is 0.480 e. The number of aryl methyl sites for hydroxylation is 3. The molecule has 0 spiro atoms. The third-order valence-corrected chi connectivity index (χ3v) is 19.6. The zero-order valence-electron chi connectivity index (χ0n) is 52.6. The molecule has 12 rings (SSSR count). The maximum absolute atomic E-state index is 14.6. The minimum absolute atomic E-state index is 0.0381. The molecule has 0 unspecified atom stereocenters. The van der Waals surface area contributed by atoms with Crippen LogP contribution in [0.4, 0.5) is 13.2 Å². The summed E-state index contributed by atoms with van der Waals surface area (Å²) in [7, 11) is -3.47. The molecule has 0 radical (unpaired) electrons. The molecule has 15 nitrogen and oxygen atoms in total. The van der Waals surface area contributed by atoms with Gasteiger partial charge in [-0.15, -0.1) is 23.5 Å². The van der Waals surface area contributed by atoms with Crippen LogP contribution >= 0.6 is 23.5 Å². The summed E-state index contributed by atoms with van der Waals surface area (Å²) in [4.78, 5) is 81.8. The van der Waals surface area contributed by atoms with Crippen molar-refractivity contribution in [1.29, 1.82) is 0 Å². The van der Waals surface area contributed by atoms with E-state index >= 15 is 0 Å². The maximum atomic E-state index is 14.6. The van der Waals surface area contributed by atoms with Crippen molar-refractivity contribution in [1.82, 2.24) is 25.3 Å². The molecule has 0 saturated heterocycles. The molecule has 5 amide bonds. The van der Waals surface area contributed by atoms with Gasteiger partial charge in [-0.1, -0.05) is 72.8 Å². The summed E-state index contributed by atoms with van der Waals surface area (Å²) in [6.45, 7) is 5.54. The van der Waals surface area contributed by atoms with E-state index in [-0.39, 0.29) is 75.5 Å². The smallest absolute Gasteiger partial charge is 0.327 e. The van der Waals surface area contributed by atoms with Crippen LogP contribution in [0.15, 0.2) is 179 Å². The predicted molar refractivity (Wildman–Crippen MR) is 355 cm³/mol. The lowest BCUT2D eigenvalue weighted by Crippen LogP contribution is -2.46. The van der Waals surface area contributed by atoms with Crippen LogP contribution in [-0.4, -0.2) is 101 Å². The van der Waals surface area contributed by atoms with Crippen LogP contribution < -0.4 is 16.4 Å². The van der Waals surface area contributed by atoms with E-state index in [1.54, 1.807) is 90.5 Å². The average Bonchev–Trinajstić information content (AvgIpc) is 1.88. The van der Waals surface area contributed by atoms with Gasteiger partial charge in [-0.2, -0.15) is 0 Å². The van der Waals surface area contributed by atoms with Crippen LogP contribution in [0, 0.1) is 56.0 Å². The van der Waals surface area contributed by atoms with Crippen LogP contribution in [0.2, 0.25) is 0 Å². The zero-order valence-corrected chi connectivity index (χ0v) is 55.1. The van der Waals surface area contributed by atoms with Gasteiger partial charge in [0.15, 0.2) is 9.84 Å². The Hall–Kier alpha value is -8.24. The van der Waals surface area contributed by atoms with Crippen molar-refractivity contribution in [2.45, 2.75) is 129 Å². The summed E-state index contributed by atoms with van der Waals surface area (Å²) in [5, 5.41) is 15.0. The lowest BCUT2D eigenvalue weighted by Gasteiger charge is -2.27. The molecule has 6 aromatic carbocycles. The summed E-state index contributed by atoms with van der Waals surface area (Å²) in [5.74, 6) is -2.40. The first kappa shape index (κ1) is 69.1. The van der Waals surface area contributed by atoms with Gasteiger partial charge in [0.25, 0.3) is 17.7 Å². The minimum Gasteiger partial charge on any atom is -0.480 e. The van der Waals surface area contributed by atoms with Gasteiger partial charge in [0.1, 0.15) is 35.6 Å². The van der Waals surface area contributed by atoms with Gasteiger partial charge in [-0.05, 0) is 198 Å². The summed E-state index contributed by atoms with van der Waals surface area (Å²) in [5.41, 5.74) is 11.4. The van der Waals surface area contributed by atoms with Crippen molar-refractivity contribution in [3.63, 3.8) is 0 Å². The number of rotatable bonds is 17. The van der Waals surface area contributed by atoms with E-state index in [0.717, 1.165) is 71.3 Å². The number of benzene rings is 6. The Balaban J connectivity index is 0.000000154. The van der Waals surface area contributed by atoms with Crippen LogP contribution in [0.1, 0.15) is 140 Å². The number of nitrogens with one attached hydrogen (secondary N) is 2. The second-order valence-corrected chi connectivity index (χ2v) is 28.0. The van der Waals surface area contributed by atoms with Crippen molar-refractivity contribution >= 4 is 68.9 Å². The number of aliphatic carboxylic acids is 1. The number of sulfone groups is 1. The molecule has 6 aromatic rings. The van der Waals surface area contributed by atoms with Crippen LogP contribution in [0.5, 0.6) is 0 Å². The van der Waals surface area contributed by atoms with Gasteiger partial charge in [-0.25, -0.2) is 26.4 Å². The van der Waals surface area contributed by atoms with E-state index in [9.17, 15) is 50.4 Å². The number of halogens is 3. The number of carbonyl (C=O) groups is 6. The number of nitrogens with zero attached hydrogens (tertiary/aromatic N) is 3. The van der Waals surface area contributed by atoms with Crippen molar-refractivity contribution < 1.29 is 55.5 Å². The van der Waals surface area contributed by atoms with Crippen LogP contribution in [0.25, 0.3) is 0 Å². The molecular weight excluding hydrogens is 1250 g/mol. The summed E-state index contributed by atoms with van der Waals surface area (Å²) in [6, 6.07) is 32.6. The Morgan fingerprint density at radius 2 is 0.860 bits per heavy atom. The fourth-order valence-electron chi connectivity index (χ4n) is 11.3. The van der Waals surface area contributed by atoms with Crippen LogP contribution in [-0.2, 0) is 24.2 Å². The van der Waals surface area contributed by atoms with E-state index < -0.39 is 45.9 Å². The molecule has 3 fully saturated rings. The number of hydrogen-bond donors (Lipinski definition) is 4. The summed E-state index contributed by atoms with van der Waals surface area (Å²) < 4.78 is 66.3. The number of carboxylic acid groups (broad SMARTS) is 1. The first-order valence-corrected chi connectivity index (χ1v) is 35.2. The highest BCUT2D eigenvalue weighted by molar-refractivity contribution is 7.98. The molecule has 6 atom stereocenters. The highest BCUT2D eigenvalue weighted by atomic mass is 32.2. The average molecular weight is 1320 g/mol. The van der Waals surface area contributed by atoms with E-state index in [2.05, 4.69) is 10.6 Å². The number of carbonyl (C=O) groups excluding carboxylic acids is 5. The Morgan fingerprint density at radius 3 is 1.22 bits per heavy atom. The Bertz CT molecular complexity index is 4000. The van der Waals surface area contributed by atoms with Crippen molar-refractivity contribution in [2.24, 2.45) is 23.5 Å². The standard InChI is InChI=1S/C24H25FN2O4S.C24H25FN2O2S.C13H13NO3S.C11H14FN/c1-15-8-11-19(20(25)13-15)22(16-9-10-16)26-23(28)21-7-4-12-27(21)24(29)17-5-3-6-18(14-17)32(2,30)31;1-15-8-11-19(20(25)13-15)22(16-9-10-16)26-23(28)21-7-4-12-27(21)24(29)17-5-3-6-18(14-17)30-2;1-18-10-5-2-4-9(8-10)12(15)14-7-3-6-11(14)13(16)17;1-7-2-5-9(10(12)6-7)11(13)8-3-4-8/h3-6,8,11-14,16,21-22H,7,9-10H2,1-2H3,(H,26,28);3-6,8,11-14,16,21-22H,7,9-10H2,1-2H3,(H,26,28);2-5,7-8,11H,6H2,1H3,(H,16,17);2,5-6,8,11H,3-4,13H2,1H3/t2*21-,22-;2*11-/m1111/s1. The monoisotopic (exact) mass is 1320 g/mol. The second kappa shape index (κ2) is 30.7. The lowest BCUT2D eigenvalue weighted by molar-refractivity contribution is -0.141. The number of amides is 5. The van der Waals surface area contributed by atoms with Crippen LogP contribution in [0.3, 0.4) is 0 Å². The second-order valence-electron chi connectivity index (χ2n) is 24.2. The van der Waals surface area contributed by atoms with Crippen molar-refractivity contribution in [2.75, 3.05) is 18.8 Å². The lowest BCUT2D eigenvalue weighted by atomic mass is 9.99. The third kappa shape index (κ3) is 17.7. The molecule has 0 aromatic heterocycles. The van der Waals surface area contributed by atoms with E-state index in [4.69, 9.17) is 10.8 Å². The summed E-state index contributed by atoms with van der Waals surface area (Å²) >= 11 is 3.11. The highest BCUT2D eigenvalue weighted by Gasteiger charge is 2.41. The molecular formula is C72H77F3N6O9S3. The van der Waals surface area contributed by atoms with Gasteiger partial charge >= 0.3 is 5.97 Å². The number of nitrogens with two attached hydrogens (primary N) is 1. The summed E-state index contributed by atoms with van der Waals surface area (Å²) in [6.07, 6.45) is 22.2. The maximum Gasteiger partial charge on any atom is 0.327 e. The van der Waals surface area contributed by atoms with E-state index in [1.165, 1.54) is 57.3 Å². The predicted octanol–water partition coefficient (Wildman–Crippen LogP) is 13.2. The van der Waals surface area contributed by atoms with Gasteiger partial charge in [-0.3, -0.25) is 24.0 Å². The molecule has 488 valence electrons. The van der Waals surface area contributed by atoms with E-state index in [1.807, 2.05) is 87.9 Å². The molecule has 93 heavy (non-hydrogen) atoms. The highest BCUT2D eigenvalue weighted by Crippen LogP contribution is 2.44. The van der Waals surface area contributed by atoms with E-state index in [0.29, 0.717) is 53.0 Å². The Kier molecular flexibility index (Phi) is 22.8. The molecule has 3 heterocycles. The Labute approximate surface area is 550 Å².